The van der Waals surface area contributed by atoms with Gasteiger partial charge in [-0.2, -0.15) is 0 Å². The van der Waals surface area contributed by atoms with Crippen molar-refractivity contribution >= 4 is 23.0 Å². The monoisotopic (exact) mass is 348 g/mol. The Balaban J connectivity index is 1.44. The highest BCUT2D eigenvalue weighted by atomic mass is 16.6. The number of rotatable bonds is 7. The van der Waals surface area contributed by atoms with Gasteiger partial charge >= 0.3 is 0 Å². The van der Waals surface area contributed by atoms with Gasteiger partial charge in [-0.25, -0.2) is 9.97 Å². The molecule has 1 aliphatic heterocycles. The fourth-order valence-corrected chi connectivity index (χ4v) is 2.53. The summed E-state index contributed by atoms with van der Waals surface area (Å²) in [5.74, 6) is 2.24. The first-order valence-corrected chi connectivity index (χ1v) is 8.52. The number of epoxide rings is 1. The minimum Gasteiger partial charge on any atom is -0.491 e. The van der Waals surface area contributed by atoms with E-state index in [1.807, 2.05) is 42.5 Å². The zero-order chi connectivity index (χ0) is 17.8. The molecule has 6 heteroatoms. The van der Waals surface area contributed by atoms with Crippen LogP contribution in [0.1, 0.15) is 5.56 Å². The van der Waals surface area contributed by atoms with Crippen LogP contribution in [0.25, 0.3) is 0 Å². The third-order valence-corrected chi connectivity index (χ3v) is 3.90. The maximum Gasteiger partial charge on any atom is 0.135 e. The van der Waals surface area contributed by atoms with Crippen molar-refractivity contribution < 1.29 is 9.47 Å². The quantitative estimate of drug-likeness (QED) is 0.628. The van der Waals surface area contributed by atoms with E-state index in [0.29, 0.717) is 12.4 Å². The van der Waals surface area contributed by atoms with E-state index in [2.05, 4.69) is 39.7 Å². The van der Waals surface area contributed by atoms with Gasteiger partial charge in [0.05, 0.1) is 6.61 Å². The van der Waals surface area contributed by atoms with Gasteiger partial charge in [-0.15, -0.1) is 0 Å². The second kappa shape index (κ2) is 7.41. The van der Waals surface area contributed by atoms with E-state index in [1.165, 1.54) is 11.9 Å². The van der Waals surface area contributed by atoms with Crippen LogP contribution in [0, 0.1) is 6.92 Å². The maximum atomic E-state index is 5.71. The van der Waals surface area contributed by atoms with Crippen molar-refractivity contribution in [3.63, 3.8) is 0 Å². The Morgan fingerprint density at radius 3 is 2.38 bits per heavy atom. The van der Waals surface area contributed by atoms with Crippen LogP contribution < -0.4 is 15.4 Å². The van der Waals surface area contributed by atoms with Gasteiger partial charge in [-0.05, 0) is 36.8 Å². The molecule has 1 unspecified atom stereocenters. The van der Waals surface area contributed by atoms with E-state index in [0.717, 1.165) is 29.5 Å². The lowest BCUT2D eigenvalue weighted by molar-refractivity contribution is 0.263. The number of benzene rings is 2. The molecule has 2 heterocycles. The summed E-state index contributed by atoms with van der Waals surface area (Å²) < 4.78 is 10.9. The van der Waals surface area contributed by atoms with Crippen LogP contribution in [0.3, 0.4) is 0 Å². The molecule has 0 radical (unpaired) electrons. The lowest BCUT2D eigenvalue weighted by atomic mass is 10.2. The van der Waals surface area contributed by atoms with Crippen LogP contribution in [-0.4, -0.2) is 29.3 Å². The number of nitrogens with one attached hydrogen (secondary N) is 2. The molecule has 0 bridgehead atoms. The summed E-state index contributed by atoms with van der Waals surface area (Å²) in [7, 11) is 0. The number of nitrogens with zero attached hydrogens (tertiary/aromatic N) is 2. The first-order chi connectivity index (χ1) is 12.7. The Morgan fingerprint density at radius 1 is 1.00 bits per heavy atom. The molecule has 26 heavy (non-hydrogen) atoms. The fraction of sp³-hybridized carbons (Fsp3) is 0.200. The van der Waals surface area contributed by atoms with Gasteiger partial charge in [0.1, 0.15) is 36.4 Å². The largest absolute Gasteiger partial charge is 0.491 e. The molecule has 0 aliphatic carbocycles. The number of anilines is 4. The van der Waals surface area contributed by atoms with Crippen LogP contribution >= 0.6 is 0 Å². The average molecular weight is 348 g/mol. The molecule has 0 saturated carbocycles. The minimum absolute atomic E-state index is 0.240. The van der Waals surface area contributed by atoms with Gasteiger partial charge < -0.3 is 20.1 Å². The van der Waals surface area contributed by atoms with E-state index < -0.39 is 0 Å². The van der Waals surface area contributed by atoms with Gasteiger partial charge in [0, 0.05) is 23.5 Å². The number of aryl methyl sites for hydroxylation is 1. The number of hydrogen-bond donors (Lipinski definition) is 2. The Hall–Kier alpha value is -3.12. The van der Waals surface area contributed by atoms with E-state index >= 15 is 0 Å². The molecule has 1 aromatic heterocycles. The van der Waals surface area contributed by atoms with Crippen LogP contribution in [0.5, 0.6) is 5.75 Å². The van der Waals surface area contributed by atoms with Crippen molar-refractivity contribution in [3.8, 4) is 5.75 Å². The lowest BCUT2D eigenvalue weighted by Gasteiger charge is -2.10. The predicted octanol–water partition coefficient (Wildman–Crippen LogP) is 4.05. The van der Waals surface area contributed by atoms with Crippen LogP contribution in [0.2, 0.25) is 0 Å². The van der Waals surface area contributed by atoms with Crippen LogP contribution in [-0.2, 0) is 4.74 Å². The third kappa shape index (κ3) is 4.49. The first-order valence-electron chi connectivity index (χ1n) is 8.52. The molecule has 1 aliphatic rings. The number of aromatic nitrogens is 2. The summed E-state index contributed by atoms with van der Waals surface area (Å²) in [5, 5.41) is 6.58. The van der Waals surface area contributed by atoms with Gasteiger partial charge in [0.2, 0.25) is 0 Å². The first kappa shape index (κ1) is 16.4. The summed E-state index contributed by atoms with van der Waals surface area (Å²) in [5.41, 5.74) is 3.09. The zero-order valence-corrected chi connectivity index (χ0v) is 14.5. The smallest absolute Gasteiger partial charge is 0.135 e. The van der Waals surface area contributed by atoms with Crippen molar-refractivity contribution in [3.05, 3.63) is 66.5 Å². The molecule has 3 aromatic rings. The average Bonchev–Trinajstić information content (AvgIpc) is 3.45. The Labute approximate surface area is 152 Å². The topological polar surface area (TPSA) is 71.6 Å². The van der Waals surface area contributed by atoms with Gasteiger partial charge in [0.15, 0.2) is 0 Å². The van der Waals surface area contributed by atoms with Gasteiger partial charge in [0.25, 0.3) is 0 Å². The molecule has 132 valence electrons. The van der Waals surface area contributed by atoms with Crippen LogP contribution in [0.4, 0.5) is 23.0 Å². The second-order valence-electron chi connectivity index (χ2n) is 6.20. The summed E-state index contributed by atoms with van der Waals surface area (Å²) in [4.78, 5) is 8.56. The van der Waals surface area contributed by atoms with Crippen molar-refractivity contribution in [1.82, 2.24) is 9.97 Å². The van der Waals surface area contributed by atoms with E-state index in [9.17, 15) is 0 Å². The SMILES string of the molecule is Cc1cccc(Nc2cc(Nc3cccc(OCC4CO4)c3)ncn2)c1. The predicted molar refractivity (Wildman–Crippen MR) is 101 cm³/mol. The molecular formula is C20H20N4O2. The Kier molecular flexibility index (Phi) is 4.66. The zero-order valence-electron chi connectivity index (χ0n) is 14.5. The Bertz CT molecular complexity index is 896. The fourth-order valence-electron chi connectivity index (χ4n) is 2.53. The molecule has 1 saturated heterocycles. The summed E-state index contributed by atoms with van der Waals surface area (Å²) >= 11 is 0. The Morgan fingerprint density at radius 2 is 1.69 bits per heavy atom. The highest BCUT2D eigenvalue weighted by molar-refractivity contribution is 5.63. The molecular weight excluding hydrogens is 328 g/mol. The van der Waals surface area contributed by atoms with Crippen molar-refractivity contribution in [2.75, 3.05) is 23.8 Å². The van der Waals surface area contributed by atoms with Crippen LogP contribution in [0.15, 0.2) is 60.9 Å². The molecule has 0 amide bonds. The van der Waals surface area contributed by atoms with Crippen molar-refractivity contribution in [2.45, 2.75) is 13.0 Å². The molecule has 2 aromatic carbocycles. The van der Waals surface area contributed by atoms with Crippen molar-refractivity contribution in [1.29, 1.82) is 0 Å². The van der Waals surface area contributed by atoms with Gasteiger partial charge in [-0.3, -0.25) is 0 Å². The normalized spacial score (nSPS) is 15.3. The van der Waals surface area contributed by atoms with E-state index in [1.54, 1.807) is 0 Å². The number of ether oxygens (including phenoxy) is 2. The maximum absolute atomic E-state index is 5.71. The molecule has 6 nitrogen and oxygen atoms in total. The van der Waals surface area contributed by atoms with E-state index in [-0.39, 0.29) is 6.10 Å². The molecule has 1 fully saturated rings. The summed E-state index contributed by atoms with van der Waals surface area (Å²) in [6, 6.07) is 17.8. The molecule has 2 N–H and O–H groups in total. The van der Waals surface area contributed by atoms with E-state index in [4.69, 9.17) is 9.47 Å². The third-order valence-electron chi connectivity index (χ3n) is 3.90. The highest BCUT2D eigenvalue weighted by Crippen LogP contribution is 2.23. The standard InChI is InChI=1S/C20H20N4O2/c1-14-4-2-5-15(8-14)23-19-10-20(22-13-21-19)24-16-6-3-7-17(9-16)25-11-18-12-26-18/h2-10,13,18H,11-12H2,1H3,(H2,21,22,23,24). The second-order valence-corrected chi connectivity index (χ2v) is 6.20. The molecule has 0 spiro atoms. The molecule has 4 rings (SSSR count). The minimum atomic E-state index is 0.240. The number of hydrogen-bond acceptors (Lipinski definition) is 6. The van der Waals surface area contributed by atoms with Gasteiger partial charge in [-0.1, -0.05) is 18.2 Å². The highest BCUT2D eigenvalue weighted by Gasteiger charge is 2.23. The lowest BCUT2D eigenvalue weighted by Crippen LogP contribution is -2.04. The van der Waals surface area contributed by atoms with Crippen molar-refractivity contribution in [2.24, 2.45) is 0 Å². The molecule has 1 atom stereocenters. The summed E-state index contributed by atoms with van der Waals surface area (Å²) in [6.07, 6.45) is 1.77. The summed E-state index contributed by atoms with van der Waals surface area (Å²) in [6.45, 7) is 3.43.